The maximum Gasteiger partial charge on any atom is 0.0655 e. The number of hydrogen-bond donors (Lipinski definition) is 0. The van der Waals surface area contributed by atoms with Gasteiger partial charge in [-0.1, -0.05) is 6.92 Å². The average Bonchev–Trinajstić information content (AvgIpc) is 1.88. The Bertz CT molecular complexity index is 220. The van der Waals surface area contributed by atoms with Crippen molar-refractivity contribution in [2.24, 2.45) is 0 Å². The maximum atomic E-state index is 10.1. The van der Waals surface area contributed by atoms with Crippen LogP contribution in [0.25, 0.3) is 0 Å². The smallest absolute Gasteiger partial charge is 0.0655 e. The molecule has 0 saturated carbocycles. The van der Waals surface area contributed by atoms with Crippen LogP contribution in [0, 0.1) is 13.0 Å². The van der Waals surface area contributed by atoms with E-state index in [2.05, 4.69) is 6.07 Å². The Hall–Kier alpha value is -0.00610. The number of aldehydes is 1. The van der Waals surface area contributed by atoms with E-state index in [4.69, 9.17) is 0 Å². The molecule has 0 aliphatic rings. The molecule has 0 aliphatic heterocycles. The van der Waals surface area contributed by atoms with Crippen LogP contribution in [0.4, 0.5) is 0 Å². The van der Waals surface area contributed by atoms with Gasteiger partial charge in [-0.05, 0) is 0 Å². The van der Waals surface area contributed by atoms with Gasteiger partial charge in [-0.15, -0.1) is 35.4 Å². The molecular formula is C8H7OY-. The molecule has 1 aromatic carbocycles. The predicted octanol–water partition coefficient (Wildman–Crippen LogP) is 1.61. The molecule has 10 heavy (non-hydrogen) atoms. The van der Waals surface area contributed by atoms with Crippen LogP contribution >= 0.6 is 0 Å². The van der Waals surface area contributed by atoms with Gasteiger partial charge in [0.2, 0.25) is 0 Å². The summed E-state index contributed by atoms with van der Waals surface area (Å²) < 4.78 is 0. The fourth-order valence-electron chi connectivity index (χ4n) is 0.676. The van der Waals surface area contributed by atoms with E-state index in [9.17, 15) is 4.79 Å². The molecule has 0 aliphatic carbocycles. The van der Waals surface area contributed by atoms with Crippen molar-refractivity contribution in [1.82, 2.24) is 0 Å². The molecule has 1 radical (unpaired) electrons. The second-order valence-corrected chi connectivity index (χ2v) is 1.91. The summed E-state index contributed by atoms with van der Waals surface area (Å²) in [5, 5.41) is 0. The Kier molecular flexibility index (Phi) is 4.75. The average molecular weight is 208 g/mol. The third-order valence-corrected chi connectivity index (χ3v) is 1.09. The van der Waals surface area contributed by atoms with Gasteiger partial charge < -0.3 is 4.79 Å². The van der Waals surface area contributed by atoms with Crippen LogP contribution < -0.4 is 0 Å². The van der Waals surface area contributed by atoms with Crippen LogP contribution in [0.5, 0.6) is 0 Å². The summed E-state index contributed by atoms with van der Waals surface area (Å²) in [6.07, 6.45) is 0.799. The van der Waals surface area contributed by atoms with Gasteiger partial charge in [0.15, 0.2) is 0 Å². The minimum Gasteiger partial charge on any atom is -0.355 e. The van der Waals surface area contributed by atoms with Gasteiger partial charge >= 0.3 is 0 Å². The van der Waals surface area contributed by atoms with Crippen molar-refractivity contribution in [1.29, 1.82) is 0 Å². The van der Waals surface area contributed by atoms with Crippen LogP contribution in [-0.2, 0) is 32.7 Å². The van der Waals surface area contributed by atoms with Crippen molar-refractivity contribution in [3.63, 3.8) is 0 Å². The van der Waals surface area contributed by atoms with Gasteiger partial charge in [0.1, 0.15) is 0 Å². The summed E-state index contributed by atoms with van der Waals surface area (Å²) in [4.78, 5) is 10.1. The van der Waals surface area contributed by atoms with Crippen molar-refractivity contribution < 1.29 is 37.5 Å². The first-order valence-electron chi connectivity index (χ1n) is 2.77. The molecule has 0 amide bonds. The van der Waals surface area contributed by atoms with E-state index in [-0.39, 0.29) is 32.7 Å². The number of rotatable bonds is 1. The van der Waals surface area contributed by atoms with Crippen LogP contribution in [0.1, 0.15) is 15.9 Å². The van der Waals surface area contributed by atoms with E-state index in [1.165, 1.54) is 0 Å². The third kappa shape index (κ3) is 2.72. The van der Waals surface area contributed by atoms with E-state index in [1.54, 1.807) is 6.07 Å². The number of hydrogen-bond acceptors (Lipinski definition) is 1. The van der Waals surface area contributed by atoms with Gasteiger partial charge in [-0.2, -0.15) is 0 Å². The third-order valence-electron chi connectivity index (χ3n) is 1.09. The van der Waals surface area contributed by atoms with Crippen molar-refractivity contribution in [3.05, 3.63) is 35.4 Å². The number of carbonyl (C=O) groups excluding carboxylic acids is 1. The molecule has 0 fully saturated rings. The first-order valence-corrected chi connectivity index (χ1v) is 2.77. The zero-order valence-corrected chi connectivity index (χ0v) is 8.63. The molecule has 1 aromatic rings. The van der Waals surface area contributed by atoms with Gasteiger partial charge in [-0.25, -0.2) is 0 Å². The topological polar surface area (TPSA) is 17.1 Å². The molecule has 0 unspecified atom stereocenters. The van der Waals surface area contributed by atoms with E-state index in [0.29, 0.717) is 5.56 Å². The van der Waals surface area contributed by atoms with Crippen LogP contribution in [0.2, 0.25) is 0 Å². The second-order valence-electron chi connectivity index (χ2n) is 1.91. The monoisotopic (exact) mass is 208 g/mol. The Morgan fingerprint density at radius 1 is 1.50 bits per heavy atom. The van der Waals surface area contributed by atoms with E-state index >= 15 is 0 Å². The Balaban J connectivity index is 0.000000810. The molecule has 0 heterocycles. The Morgan fingerprint density at radius 3 is 2.60 bits per heavy atom. The van der Waals surface area contributed by atoms with Crippen molar-refractivity contribution in [3.8, 4) is 0 Å². The van der Waals surface area contributed by atoms with E-state index in [0.717, 1.165) is 11.8 Å². The quantitative estimate of drug-likeness (QED) is 0.506. The molecule has 0 bridgehead atoms. The summed E-state index contributed by atoms with van der Waals surface area (Å²) in [5.41, 5.74) is 1.62. The number of aryl methyl sites for hydroxylation is 1. The zero-order chi connectivity index (χ0) is 6.69. The molecular weight excluding hydrogens is 201 g/mol. The van der Waals surface area contributed by atoms with Gasteiger partial charge in [0.25, 0.3) is 0 Å². The molecule has 0 saturated heterocycles. The van der Waals surface area contributed by atoms with Crippen molar-refractivity contribution in [2.45, 2.75) is 6.92 Å². The SMILES string of the molecule is Cc1[c-]c(C=O)ccc1.[Y]. The van der Waals surface area contributed by atoms with Gasteiger partial charge in [-0.3, -0.25) is 0 Å². The number of carbonyl (C=O) groups is 1. The largest absolute Gasteiger partial charge is 0.355 e. The normalized spacial score (nSPS) is 8.10. The molecule has 0 spiro atoms. The summed E-state index contributed by atoms with van der Waals surface area (Å²) in [6.45, 7) is 1.91. The first kappa shape index (κ1) is 9.99. The van der Waals surface area contributed by atoms with Crippen LogP contribution in [0.3, 0.4) is 0 Å². The fourth-order valence-corrected chi connectivity index (χ4v) is 0.676. The van der Waals surface area contributed by atoms with Crippen molar-refractivity contribution in [2.75, 3.05) is 0 Å². The molecule has 0 N–H and O–H groups in total. The minimum atomic E-state index is 0. The van der Waals surface area contributed by atoms with E-state index in [1.807, 2.05) is 19.1 Å². The molecule has 0 atom stereocenters. The van der Waals surface area contributed by atoms with E-state index < -0.39 is 0 Å². The van der Waals surface area contributed by atoms with Gasteiger partial charge in [0.05, 0.1) is 6.29 Å². The zero-order valence-electron chi connectivity index (χ0n) is 5.79. The molecule has 2 heteroatoms. The predicted molar refractivity (Wildman–Crippen MR) is 35.4 cm³/mol. The molecule has 1 rings (SSSR count). The number of benzene rings is 1. The standard InChI is InChI=1S/C8H7O.Y/c1-7-3-2-4-8(5-7)6-9;/h2-4,6H,1H3;/q-1;. The Morgan fingerprint density at radius 2 is 2.20 bits per heavy atom. The van der Waals surface area contributed by atoms with Crippen molar-refractivity contribution >= 4 is 6.29 Å². The fraction of sp³-hybridized carbons (Fsp3) is 0.125. The Labute approximate surface area is 85.7 Å². The second kappa shape index (κ2) is 4.76. The summed E-state index contributed by atoms with van der Waals surface area (Å²) in [6, 6.07) is 8.38. The first-order chi connectivity index (χ1) is 4.33. The molecule has 49 valence electrons. The van der Waals surface area contributed by atoms with Crippen LogP contribution in [0.15, 0.2) is 18.2 Å². The summed E-state index contributed by atoms with van der Waals surface area (Å²) >= 11 is 0. The van der Waals surface area contributed by atoms with Gasteiger partial charge in [0, 0.05) is 32.7 Å². The maximum absolute atomic E-state index is 10.1. The van der Waals surface area contributed by atoms with Crippen LogP contribution in [-0.4, -0.2) is 6.29 Å². The summed E-state index contributed by atoms with van der Waals surface area (Å²) in [5.74, 6) is 0. The molecule has 1 nitrogen and oxygen atoms in total. The minimum absolute atomic E-state index is 0. The molecule has 0 aromatic heterocycles. The summed E-state index contributed by atoms with van der Waals surface area (Å²) in [7, 11) is 0.